The molecule has 0 bridgehead atoms. The van der Waals surface area contributed by atoms with E-state index in [1.807, 2.05) is 66.7 Å². The van der Waals surface area contributed by atoms with Crippen molar-refractivity contribution in [3.8, 4) is 0 Å². The quantitative estimate of drug-likeness (QED) is 0.841. The summed E-state index contributed by atoms with van der Waals surface area (Å²) in [6, 6.07) is 19.9. The SMILES string of the molecule is O=C1/C(=C\c2ccccc2)NC(=NC2CCCCC2)N1c1ccccc1. The van der Waals surface area contributed by atoms with Crippen LogP contribution in [0.1, 0.15) is 37.7 Å². The molecule has 1 saturated heterocycles. The van der Waals surface area contributed by atoms with Crippen molar-refractivity contribution in [1.82, 2.24) is 5.32 Å². The van der Waals surface area contributed by atoms with Crippen molar-refractivity contribution >= 4 is 23.6 Å². The van der Waals surface area contributed by atoms with Gasteiger partial charge in [-0.1, -0.05) is 67.8 Å². The molecule has 2 fully saturated rings. The number of rotatable bonds is 3. The number of carbonyl (C=O) groups is 1. The Morgan fingerprint density at radius 3 is 2.27 bits per heavy atom. The van der Waals surface area contributed by atoms with E-state index in [1.165, 1.54) is 19.3 Å². The number of para-hydroxylation sites is 1. The van der Waals surface area contributed by atoms with E-state index in [2.05, 4.69) is 5.32 Å². The Balaban J connectivity index is 1.69. The summed E-state index contributed by atoms with van der Waals surface area (Å²) in [5.41, 5.74) is 2.40. The summed E-state index contributed by atoms with van der Waals surface area (Å²) in [7, 11) is 0. The van der Waals surface area contributed by atoms with Gasteiger partial charge in [0, 0.05) is 0 Å². The van der Waals surface area contributed by atoms with Gasteiger partial charge in [0.1, 0.15) is 5.70 Å². The molecule has 1 amide bonds. The predicted octanol–water partition coefficient (Wildman–Crippen LogP) is 4.35. The van der Waals surface area contributed by atoms with Gasteiger partial charge < -0.3 is 5.32 Å². The Morgan fingerprint density at radius 2 is 1.58 bits per heavy atom. The van der Waals surface area contributed by atoms with Crippen molar-refractivity contribution in [1.29, 1.82) is 0 Å². The number of guanidine groups is 1. The van der Waals surface area contributed by atoms with Gasteiger partial charge in [-0.2, -0.15) is 0 Å². The van der Waals surface area contributed by atoms with E-state index in [0.29, 0.717) is 17.7 Å². The van der Waals surface area contributed by atoms with E-state index in [9.17, 15) is 4.79 Å². The summed E-state index contributed by atoms with van der Waals surface area (Å²) in [4.78, 5) is 19.7. The Kier molecular flexibility index (Phi) is 4.82. The number of carbonyl (C=O) groups excluding carboxylic acids is 1. The van der Waals surface area contributed by atoms with Crippen LogP contribution < -0.4 is 10.2 Å². The lowest BCUT2D eigenvalue weighted by atomic mass is 9.96. The van der Waals surface area contributed by atoms with Crippen LogP contribution >= 0.6 is 0 Å². The zero-order valence-corrected chi connectivity index (χ0v) is 14.8. The molecule has 26 heavy (non-hydrogen) atoms. The number of anilines is 1. The molecule has 2 aliphatic rings. The average Bonchev–Trinajstić information content (AvgIpc) is 2.99. The molecule has 1 aliphatic heterocycles. The van der Waals surface area contributed by atoms with E-state index < -0.39 is 0 Å². The van der Waals surface area contributed by atoms with Gasteiger partial charge in [-0.3, -0.25) is 4.79 Å². The highest BCUT2D eigenvalue weighted by Gasteiger charge is 2.33. The van der Waals surface area contributed by atoms with E-state index >= 15 is 0 Å². The van der Waals surface area contributed by atoms with Crippen LogP contribution in [0.15, 0.2) is 71.4 Å². The van der Waals surface area contributed by atoms with Crippen molar-refractivity contribution < 1.29 is 4.79 Å². The molecule has 1 heterocycles. The van der Waals surface area contributed by atoms with Crippen LogP contribution in [0.3, 0.4) is 0 Å². The van der Waals surface area contributed by atoms with Gasteiger partial charge in [0.05, 0.1) is 11.7 Å². The first-order valence-electron chi connectivity index (χ1n) is 9.32. The number of benzene rings is 2. The summed E-state index contributed by atoms with van der Waals surface area (Å²) in [5, 5.41) is 3.27. The summed E-state index contributed by atoms with van der Waals surface area (Å²) >= 11 is 0. The highest BCUT2D eigenvalue weighted by Crippen LogP contribution is 2.25. The smallest absolute Gasteiger partial charge is 0.281 e. The molecule has 1 N–H and O–H groups in total. The van der Waals surface area contributed by atoms with Crippen LogP contribution in [0.2, 0.25) is 0 Å². The van der Waals surface area contributed by atoms with Crippen LogP contribution in [0, 0.1) is 0 Å². The third kappa shape index (κ3) is 3.54. The Labute approximate surface area is 154 Å². The third-order valence-electron chi connectivity index (χ3n) is 4.90. The van der Waals surface area contributed by atoms with Crippen molar-refractivity contribution in [2.24, 2.45) is 4.99 Å². The lowest BCUT2D eigenvalue weighted by Crippen LogP contribution is -2.34. The Morgan fingerprint density at radius 1 is 0.923 bits per heavy atom. The first kappa shape index (κ1) is 16.6. The monoisotopic (exact) mass is 345 g/mol. The van der Waals surface area contributed by atoms with Gasteiger partial charge >= 0.3 is 0 Å². The zero-order valence-electron chi connectivity index (χ0n) is 14.8. The molecule has 0 aromatic heterocycles. The van der Waals surface area contributed by atoms with Crippen molar-refractivity contribution in [2.45, 2.75) is 38.1 Å². The van der Waals surface area contributed by atoms with Crippen LogP contribution in [0.4, 0.5) is 5.69 Å². The predicted molar refractivity (Wildman–Crippen MR) is 106 cm³/mol. The minimum atomic E-state index is -0.0605. The molecule has 1 saturated carbocycles. The van der Waals surface area contributed by atoms with Crippen LogP contribution in [0.25, 0.3) is 6.08 Å². The standard InChI is InChI=1S/C22H23N3O/c26-21-20(16-17-10-4-1-5-11-17)24-22(23-18-12-6-2-7-13-18)25(21)19-14-8-3-9-15-19/h1,3-5,8-11,14-16,18H,2,6-7,12-13H2,(H,23,24)/b20-16+. The molecule has 0 unspecified atom stereocenters. The fourth-order valence-electron chi connectivity index (χ4n) is 3.55. The second-order valence-corrected chi connectivity index (χ2v) is 6.81. The molecule has 4 nitrogen and oxygen atoms in total. The van der Waals surface area contributed by atoms with E-state index in [-0.39, 0.29) is 5.91 Å². The molecule has 4 heteroatoms. The van der Waals surface area contributed by atoms with Gasteiger partial charge in [0.15, 0.2) is 0 Å². The Hall–Kier alpha value is -2.88. The van der Waals surface area contributed by atoms with Crippen LogP contribution in [0.5, 0.6) is 0 Å². The number of hydrogen-bond acceptors (Lipinski definition) is 2. The molecular weight excluding hydrogens is 322 g/mol. The minimum absolute atomic E-state index is 0.0605. The first-order valence-corrected chi connectivity index (χ1v) is 9.32. The molecule has 132 valence electrons. The van der Waals surface area contributed by atoms with Gasteiger partial charge in [0.25, 0.3) is 5.91 Å². The molecule has 0 atom stereocenters. The number of aliphatic imine (C=N–C) groups is 1. The van der Waals surface area contributed by atoms with Crippen molar-refractivity contribution in [3.05, 3.63) is 71.9 Å². The lowest BCUT2D eigenvalue weighted by Gasteiger charge is -2.21. The second-order valence-electron chi connectivity index (χ2n) is 6.81. The van der Waals surface area contributed by atoms with Crippen LogP contribution in [-0.4, -0.2) is 17.9 Å². The average molecular weight is 345 g/mol. The third-order valence-corrected chi connectivity index (χ3v) is 4.90. The van der Waals surface area contributed by atoms with E-state index in [1.54, 1.807) is 4.90 Å². The molecule has 2 aromatic rings. The maximum absolute atomic E-state index is 13.1. The van der Waals surface area contributed by atoms with Crippen molar-refractivity contribution in [2.75, 3.05) is 4.90 Å². The van der Waals surface area contributed by atoms with Gasteiger partial charge in [-0.05, 0) is 36.6 Å². The summed E-state index contributed by atoms with van der Waals surface area (Å²) < 4.78 is 0. The maximum atomic E-state index is 13.1. The van der Waals surface area contributed by atoms with E-state index in [4.69, 9.17) is 4.99 Å². The molecule has 4 rings (SSSR count). The Bertz CT molecular complexity index is 821. The number of amides is 1. The summed E-state index contributed by atoms with van der Waals surface area (Å²) in [5.74, 6) is 0.588. The molecule has 0 radical (unpaired) electrons. The highest BCUT2D eigenvalue weighted by atomic mass is 16.2. The largest absolute Gasteiger partial charge is 0.321 e. The fourth-order valence-corrected chi connectivity index (χ4v) is 3.55. The number of nitrogens with zero attached hydrogens (tertiary/aromatic N) is 2. The fraction of sp³-hybridized carbons (Fsp3) is 0.273. The van der Waals surface area contributed by atoms with Gasteiger partial charge in [0.2, 0.25) is 5.96 Å². The molecule has 2 aromatic carbocycles. The highest BCUT2D eigenvalue weighted by molar-refractivity contribution is 6.29. The molecular formula is C22H23N3O. The minimum Gasteiger partial charge on any atom is -0.321 e. The first-order chi connectivity index (χ1) is 12.8. The maximum Gasteiger partial charge on any atom is 0.281 e. The molecule has 1 aliphatic carbocycles. The van der Waals surface area contributed by atoms with Gasteiger partial charge in [-0.25, -0.2) is 9.89 Å². The summed E-state index contributed by atoms with van der Waals surface area (Å²) in [6.45, 7) is 0. The van der Waals surface area contributed by atoms with Gasteiger partial charge in [-0.15, -0.1) is 0 Å². The normalized spacial score (nSPS) is 21.4. The van der Waals surface area contributed by atoms with E-state index in [0.717, 1.165) is 24.1 Å². The molecule has 0 spiro atoms. The second kappa shape index (κ2) is 7.56. The topological polar surface area (TPSA) is 44.7 Å². The lowest BCUT2D eigenvalue weighted by molar-refractivity contribution is -0.113. The number of nitrogens with one attached hydrogen (secondary N) is 1. The van der Waals surface area contributed by atoms with Crippen LogP contribution in [-0.2, 0) is 4.79 Å². The van der Waals surface area contributed by atoms with Crippen molar-refractivity contribution in [3.63, 3.8) is 0 Å². The zero-order chi connectivity index (χ0) is 17.8. The summed E-state index contributed by atoms with van der Waals surface area (Å²) in [6.07, 6.45) is 7.80. The number of hydrogen-bond donors (Lipinski definition) is 1.